The predicted octanol–water partition coefficient (Wildman–Crippen LogP) is 2.13. The normalized spacial score (nSPS) is 30.6. The lowest BCUT2D eigenvalue weighted by Crippen LogP contribution is -2.40. The van der Waals surface area contributed by atoms with Crippen LogP contribution in [0.1, 0.15) is 40.0 Å². The van der Waals surface area contributed by atoms with Crippen LogP contribution >= 0.6 is 0 Å². The Morgan fingerprint density at radius 3 is 2.57 bits per heavy atom. The Kier molecular flexibility index (Phi) is 4.90. The molecule has 0 aromatic heterocycles. The van der Waals surface area contributed by atoms with E-state index in [2.05, 4.69) is 25.7 Å². The third kappa shape index (κ3) is 3.25. The quantitative estimate of drug-likeness (QED) is 0.752. The van der Waals surface area contributed by atoms with Crippen LogP contribution in [0.2, 0.25) is 0 Å². The molecule has 1 saturated heterocycles. The highest BCUT2D eigenvalue weighted by Gasteiger charge is 2.25. The molecule has 14 heavy (non-hydrogen) atoms. The number of aliphatic hydroxyl groups is 1. The monoisotopic (exact) mass is 199 g/mol. The third-order valence-electron chi connectivity index (χ3n) is 3.49. The van der Waals surface area contributed by atoms with Crippen LogP contribution in [0.4, 0.5) is 0 Å². The molecule has 1 aliphatic rings. The second-order valence-electron chi connectivity index (χ2n) is 5.04. The lowest BCUT2D eigenvalue weighted by Gasteiger charge is -2.32. The first-order chi connectivity index (χ1) is 6.65. The average molecular weight is 199 g/mol. The average Bonchev–Trinajstić information content (AvgIpc) is 2.29. The van der Waals surface area contributed by atoms with Gasteiger partial charge in [-0.25, -0.2) is 0 Å². The van der Waals surface area contributed by atoms with E-state index in [9.17, 15) is 0 Å². The van der Waals surface area contributed by atoms with E-state index in [0.717, 1.165) is 12.5 Å². The van der Waals surface area contributed by atoms with Gasteiger partial charge in [-0.15, -0.1) is 0 Å². The lowest BCUT2D eigenvalue weighted by atomic mass is 9.95. The Balaban J connectivity index is 2.56. The molecule has 0 saturated carbocycles. The van der Waals surface area contributed by atoms with Crippen LogP contribution in [-0.4, -0.2) is 35.7 Å². The molecule has 0 aromatic carbocycles. The molecule has 0 radical (unpaired) electrons. The van der Waals surface area contributed by atoms with Crippen molar-refractivity contribution in [2.24, 2.45) is 11.8 Å². The summed E-state index contributed by atoms with van der Waals surface area (Å²) >= 11 is 0. The number of likely N-dealkylation sites (tertiary alicyclic amines) is 1. The summed E-state index contributed by atoms with van der Waals surface area (Å²) in [5, 5.41) is 9.03. The molecule has 0 amide bonds. The first-order valence-electron chi connectivity index (χ1n) is 6.00. The van der Waals surface area contributed by atoms with Crippen LogP contribution in [0.5, 0.6) is 0 Å². The molecule has 0 spiro atoms. The Morgan fingerprint density at radius 2 is 2.00 bits per heavy atom. The van der Waals surface area contributed by atoms with Crippen molar-refractivity contribution in [3.63, 3.8) is 0 Å². The van der Waals surface area contributed by atoms with Gasteiger partial charge in [0.2, 0.25) is 0 Å². The van der Waals surface area contributed by atoms with Gasteiger partial charge in [0.15, 0.2) is 0 Å². The fourth-order valence-electron chi connectivity index (χ4n) is 2.50. The minimum atomic E-state index is 0.303. The number of rotatable bonds is 3. The van der Waals surface area contributed by atoms with Crippen LogP contribution in [0.25, 0.3) is 0 Å². The van der Waals surface area contributed by atoms with Gasteiger partial charge in [0.25, 0.3) is 0 Å². The summed E-state index contributed by atoms with van der Waals surface area (Å²) in [6.07, 6.45) is 3.95. The van der Waals surface area contributed by atoms with Gasteiger partial charge in [0.1, 0.15) is 0 Å². The van der Waals surface area contributed by atoms with Gasteiger partial charge in [0, 0.05) is 12.6 Å². The van der Waals surface area contributed by atoms with Crippen molar-refractivity contribution in [2.75, 3.05) is 19.7 Å². The zero-order valence-electron chi connectivity index (χ0n) is 9.87. The van der Waals surface area contributed by atoms with E-state index >= 15 is 0 Å². The number of aliphatic hydroxyl groups excluding tert-OH is 1. The van der Waals surface area contributed by atoms with E-state index in [0.29, 0.717) is 18.6 Å². The smallest absolute Gasteiger partial charge is 0.0558 e. The van der Waals surface area contributed by atoms with Crippen LogP contribution in [0, 0.1) is 11.8 Å². The highest BCUT2D eigenvalue weighted by atomic mass is 16.3. The van der Waals surface area contributed by atoms with Gasteiger partial charge >= 0.3 is 0 Å². The molecule has 1 heterocycles. The van der Waals surface area contributed by atoms with E-state index in [-0.39, 0.29) is 0 Å². The molecule has 1 fully saturated rings. The molecule has 0 aromatic rings. The van der Waals surface area contributed by atoms with Crippen molar-refractivity contribution in [1.29, 1.82) is 0 Å². The molecule has 0 aliphatic carbocycles. The second-order valence-corrected chi connectivity index (χ2v) is 5.04. The van der Waals surface area contributed by atoms with Crippen LogP contribution < -0.4 is 0 Å². The maximum absolute atomic E-state index is 9.03. The zero-order valence-corrected chi connectivity index (χ0v) is 9.87. The zero-order chi connectivity index (χ0) is 10.6. The molecule has 1 N–H and O–H groups in total. The molecule has 1 aliphatic heterocycles. The van der Waals surface area contributed by atoms with Crippen molar-refractivity contribution in [3.8, 4) is 0 Å². The summed E-state index contributed by atoms with van der Waals surface area (Å²) in [6, 6.07) is 0.687. The Morgan fingerprint density at radius 1 is 1.29 bits per heavy atom. The van der Waals surface area contributed by atoms with Gasteiger partial charge in [-0.3, -0.25) is 4.90 Å². The van der Waals surface area contributed by atoms with Crippen LogP contribution in [0.3, 0.4) is 0 Å². The van der Waals surface area contributed by atoms with Gasteiger partial charge in [-0.2, -0.15) is 0 Å². The molecule has 1 rings (SSSR count). The predicted molar refractivity (Wildman–Crippen MR) is 60.3 cm³/mol. The van der Waals surface area contributed by atoms with Gasteiger partial charge in [-0.05, 0) is 37.6 Å². The SMILES string of the molecule is CC(C)[C@@H]1CC[C@@H](C)CCN1CCO. The van der Waals surface area contributed by atoms with Crippen molar-refractivity contribution < 1.29 is 5.11 Å². The molecular formula is C12H25NO. The first kappa shape index (κ1) is 12.0. The Bertz CT molecular complexity index is 158. The van der Waals surface area contributed by atoms with Crippen molar-refractivity contribution in [1.82, 2.24) is 4.90 Å². The Labute approximate surface area is 88.3 Å². The summed E-state index contributed by atoms with van der Waals surface area (Å²) < 4.78 is 0. The van der Waals surface area contributed by atoms with Gasteiger partial charge < -0.3 is 5.11 Å². The molecular weight excluding hydrogens is 174 g/mol. The number of nitrogens with zero attached hydrogens (tertiary/aromatic N) is 1. The number of hydrogen-bond donors (Lipinski definition) is 1. The summed E-state index contributed by atoms with van der Waals surface area (Å²) in [5.74, 6) is 1.58. The molecule has 2 heteroatoms. The molecule has 2 atom stereocenters. The fourth-order valence-corrected chi connectivity index (χ4v) is 2.50. The van der Waals surface area contributed by atoms with E-state index < -0.39 is 0 Å². The summed E-state index contributed by atoms with van der Waals surface area (Å²) in [5.41, 5.74) is 0. The summed E-state index contributed by atoms with van der Waals surface area (Å²) in [4.78, 5) is 2.48. The minimum absolute atomic E-state index is 0.303. The van der Waals surface area contributed by atoms with Crippen molar-refractivity contribution in [2.45, 2.75) is 46.1 Å². The lowest BCUT2D eigenvalue weighted by molar-refractivity contribution is 0.124. The van der Waals surface area contributed by atoms with Crippen LogP contribution in [-0.2, 0) is 0 Å². The van der Waals surface area contributed by atoms with Crippen molar-refractivity contribution >= 4 is 0 Å². The number of hydrogen-bond acceptors (Lipinski definition) is 2. The second kappa shape index (κ2) is 5.72. The molecule has 84 valence electrons. The van der Waals surface area contributed by atoms with Crippen LogP contribution in [0.15, 0.2) is 0 Å². The van der Waals surface area contributed by atoms with Crippen molar-refractivity contribution in [3.05, 3.63) is 0 Å². The minimum Gasteiger partial charge on any atom is -0.395 e. The van der Waals surface area contributed by atoms with E-state index in [1.54, 1.807) is 0 Å². The number of β-amino-alcohol motifs (C(OH)–C–C–N with tert-alkyl or cyclic N) is 1. The Hall–Kier alpha value is -0.0800. The fraction of sp³-hybridized carbons (Fsp3) is 1.00. The first-order valence-corrected chi connectivity index (χ1v) is 6.00. The van der Waals surface area contributed by atoms with E-state index in [4.69, 9.17) is 5.11 Å². The molecule has 0 unspecified atom stereocenters. The molecule has 2 nitrogen and oxygen atoms in total. The highest BCUT2D eigenvalue weighted by molar-refractivity contribution is 4.79. The van der Waals surface area contributed by atoms with E-state index in [1.165, 1.54) is 25.8 Å². The highest BCUT2D eigenvalue weighted by Crippen LogP contribution is 2.25. The van der Waals surface area contributed by atoms with Gasteiger partial charge in [0.05, 0.1) is 6.61 Å². The topological polar surface area (TPSA) is 23.5 Å². The largest absolute Gasteiger partial charge is 0.395 e. The standard InChI is InChI=1S/C12H25NO/c1-10(2)12-5-4-11(3)6-7-13(12)8-9-14/h10-12,14H,4-9H2,1-3H3/t11-,12+/m1/s1. The third-order valence-corrected chi connectivity index (χ3v) is 3.49. The summed E-state index contributed by atoms with van der Waals surface area (Å²) in [7, 11) is 0. The van der Waals surface area contributed by atoms with E-state index in [1.807, 2.05) is 0 Å². The maximum Gasteiger partial charge on any atom is 0.0558 e. The van der Waals surface area contributed by atoms with Gasteiger partial charge in [-0.1, -0.05) is 20.8 Å². The molecule has 0 bridgehead atoms. The summed E-state index contributed by atoms with van der Waals surface area (Å²) in [6.45, 7) is 9.27. The maximum atomic E-state index is 9.03.